The minimum absolute atomic E-state index is 0.132. The van der Waals surface area contributed by atoms with Crippen LogP contribution in [0.1, 0.15) is 59.9 Å². The van der Waals surface area contributed by atoms with Crippen molar-refractivity contribution < 1.29 is 14.3 Å². The van der Waals surface area contributed by atoms with E-state index in [1.807, 2.05) is 54.9 Å². The number of imidazole rings is 1. The third-order valence-corrected chi connectivity index (χ3v) is 8.64. The second-order valence-corrected chi connectivity index (χ2v) is 13.1. The number of fused-ring (bicyclic) bond motifs is 1. The van der Waals surface area contributed by atoms with Crippen molar-refractivity contribution in [2.75, 3.05) is 5.32 Å². The average molecular weight is 648 g/mol. The van der Waals surface area contributed by atoms with Crippen LogP contribution >= 0.6 is 0 Å². The van der Waals surface area contributed by atoms with E-state index in [9.17, 15) is 9.59 Å². The highest BCUT2D eigenvalue weighted by Crippen LogP contribution is 2.41. The molecule has 0 saturated heterocycles. The zero-order chi connectivity index (χ0) is 34.0. The van der Waals surface area contributed by atoms with Gasteiger partial charge in [0.15, 0.2) is 5.82 Å². The number of carbonyl (C=O) groups excluding carboxylic acids is 2. The highest BCUT2D eigenvalue weighted by molar-refractivity contribution is 6.11. The second-order valence-electron chi connectivity index (χ2n) is 13.1. The van der Waals surface area contributed by atoms with Crippen molar-refractivity contribution in [2.45, 2.75) is 44.9 Å². The molecule has 0 radical (unpaired) electrons. The first-order chi connectivity index (χ1) is 23.7. The first kappa shape index (κ1) is 31.6. The lowest BCUT2D eigenvalue weighted by atomic mass is 9.77. The van der Waals surface area contributed by atoms with Gasteiger partial charge in [0.25, 0.3) is 0 Å². The van der Waals surface area contributed by atoms with Crippen LogP contribution in [-0.4, -0.2) is 36.8 Å². The van der Waals surface area contributed by atoms with Crippen LogP contribution in [0.15, 0.2) is 139 Å². The van der Waals surface area contributed by atoms with E-state index in [0.29, 0.717) is 24.2 Å². The average Bonchev–Trinajstić information content (AvgIpc) is 3.76. The van der Waals surface area contributed by atoms with Crippen LogP contribution < -0.4 is 5.32 Å². The number of ketones is 1. The largest absolute Gasteiger partial charge is 0.444 e. The number of nitrogens with one attached hydrogen (secondary N) is 1. The Balaban J connectivity index is 1.26. The zero-order valence-corrected chi connectivity index (χ0v) is 27.7. The maximum atomic E-state index is 13.7. The summed E-state index contributed by atoms with van der Waals surface area (Å²) in [6, 6.07) is 41.1. The van der Waals surface area contributed by atoms with Gasteiger partial charge in [0.1, 0.15) is 16.8 Å². The number of Topliss-reactive ketones (excluding diaryl/α,β-unsaturated/α-hetero) is 1. The van der Waals surface area contributed by atoms with E-state index < -0.39 is 17.2 Å². The van der Waals surface area contributed by atoms with Crippen LogP contribution in [0.4, 0.5) is 10.6 Å². The third kappa shape index (κ3) is 6.21. The van der Waals surface area contributed by atoms with Crippen molar-refractivity contribution in [3.8, 4) is 11.3 Å². The van der Waals surface area contributed by atoms with Gasteiger partial charge in [-0.3, -0.25) is 14.8 Å². The summed E-state index contributed by atoms with van der Waals surface area (Å²) in [5, 5.41) is 7.07. The molecule has 0 spiro atoms. The quantitative estimate of drug-likeness (QED) is 0.138. The zero-order valence-electron chi connectivity index (χ0n) is 27.7. The van der Waals surface area contributed by atoms with E-state index in [2.05, 4.69) is 94.0 Å². The maximum Gasteiger partial charge on any atom is 0.413 e. The lowest BCUT2D eigenvalue weighted by Gasteiger charge is -2.37. The molecule has 1 N–H and O–H groups in total. The third-order valence-electron chi connectivity index (χ3n) is 8.64. The first-order valence-electron chi connectivity index (χ1n) is 16.4. The molecule has 244 valence electrons. The number of benzene rings is 4. The highest BCUT2D eigenvalue weighted by Gasteiger charge is 2.38. The summed E-state index contributed by atoms with van der Waals surface area (Å²) < 4.78 is 9.18. The number of hydrogen-bond acceptors (Lipinski definition) is 5. The number of aryl methyl sites for hydroxylation is 1. The molecule has 6 aromatic rings. The number of carbonyl (C=O) groups is 2. The number of anilines is 1. The summed E-state index contributed by atoms with van der Waals surface area (Å²) in [6.07, 6.45) is 5.83. The highest BCUT2D eigenvalue weighted by atomic mass is 16.6. The van der Waals surface area contributed by atoms with Gasteiger partial charge in [-0.1, -0.05) is 115 Å². The Labute approximate surface area is 285 Å². The number of rotatable bonds is 7. The first-order valence-corrected chi connectivity index (χ1v) is 16.4. The Morgan fingerprint density at radius 3 is 1.98 bits per heavy atom. The Hall–Kier alpha value is -6.02. The summed E-state index contributed by atoms with van der Waals surface area (Å²) in [5.74, 6) is 0.149. The number of allylic oxidation sites excluding steroid dienone is 1. The number of ether oxygens (including phenoxy) is 1. The molecule has 1 amide bonds. The summed E-state index contributed by atoms with van der Waals surface area (Å²) in [7, 11) is 0. The molecule has 0 aliphatic carbocycles. The summed E-state index contributed by atoms with van der Waals surface area (Å²) in [6.45, 7) is 5.88. The topological polar surface area (TPSA) is 91.0 Å². The fourth-order valence-electron chi connectivity index (χ4n) is 6.56. The van der Waals surface area contributed by atoms with Crippen LogP contribution in [0.5, 0.6) is 0 Å². The van der Waals surface area contributed by atoms with Crippen molar-refractivity contribution in [3.63, 3.8) is 0 Å². The van der Waals surface area contributed by atoms with Gasteiger partial charge in [-0.05, 0) is 55.5 Å². The van der Waals surface area contributed by atoms with Crippen molar-refractivity contribution in [2.24, 2.45) is 0 Å². The number of hydrogen-bond donors (Lipinski definition) is 1. The van der Waals surface area contributed by atoms with Gasteiger partial charge in [0.2, 0.25) is 5.78 Å². The van der Waals surface area contributed by atoms with Gasteiger partial charge in [0, 0.05) is 29.9 Å². The maximum absolute atomic E-state index is 13.7. The van der Waals surface area contributed by atoms with Crippen molar-refractivity contribution >= 4 is 23.8 Å². The fourth-order valence-corrected chi connectivity index (χ4v) is 6.56. The van der Waals surface area contributed by atoms with Crippen molar-refractivity contribution in [1.82, 2.24) is 19.3 Å². The monoisotopic (exact) mass is 647 g/mol. The van der Waals surface area contributed by atoms with Gasteiger partial charge in [-0.25, -0.2) is 9.78 Å². The van der Waals surface area contributed by atoms with Gasteiger partial charge >= 0.3 is 6.09 Å². The fraction of sp³-hybridized carbons (Fsp3) is 0.171. The van der Waals surface area contributed by atoms with E-state index >= 15 is 0 Å². The molecule has 1 aliphatic rings. The summed E-state index contributed by atoms with van der Waals surface area (Å²) in [5.41, 5.74) is 5.66. The molecule has 0 atom stereocenters. The van der Waals surface area contributed by atoms with Crippen LogP contribution in [-0.2, 0) is 16.8 Å². The van der Waals surface area contributed by atoms with E-state index in [1.165, 1.54) is 0 Å². The van der Waals surface area contributed by atoms with Crippen LogP contribution in [0, 0.1) is 0 Å². The molecule has 0 unspecified atom stereocenters. The molecule has 8 nitrogen and oxygen atoms in total. The molecule has 7 rings (SSSR count). The van der Waals surface area contributed by atoms with Gasteiger partial charge < -0.3 is 9.30 Å². The van der Waals surface area contributed by atoms with Gasteiger partial charge in [-0.15, -0.1) is 0 Å². The second kappa shape index (κ2) is 12.9. The lowest BCUT2D eigenvalue weighted by molar-refractivity contribution is 0.0635. The summed E-state index contributed by atoms with van der Waals surface area (Å²) in [4.78, 5) is 31.0. The minimum atomic E-state index is -0.689. The van der Waals surface area contributed by atoms with E-state index in [4.69, 9.17) is 9.72 Å². The Morgan fingerprint density at radius 1 is 0.816 bits per heavy atom. The molecular weight excluding hydrogens is 610 g/mol. The van der Waals surface area contributed by atoms with Gasteiger partial charge in [-0.2, -0.15) is 5.10 Å². The molecule has 0 bridgehead atoms. The van der Waals surface area contributed by atoms with E-state index in [0.717, 1.165) is 33.5 Å². The predicted molar refractivity (Wildman–Crippen MR) is 191 cm³/mol. The lowest BCUT2D eigenvalue weighted by Crippen LogP contribution is -2.36. The van der Waals surface area contributed by atoms with Crippen molar-refractivity contribution in [1.29, 1.82) is 0 Å². The molecule has 0 saturated carbocycles. The Bertz CT molecular complexity index is 2050. The van der Waals surface area contributed by atoms with E-state index in [1.54, 1.807) is 31.5 Å². The number of aromatic nitrogens is 4. The summed E-state index contributed by atoms with van der Waals surface area (Å²) >= 11 is 0. The van der Waals surface area contributed by atoms with Crippen LogP contribution in [0.3, 0.4) is 0 Å². The Morgan fingerprint density at radius 2 is 1.39 bits per heavy atom. The number of amides is 1. The number of nitrogens with zero attached hydrogens (tertiary/aromatic N) is 4. The molecule has 1 aliphatic heterocycles. The van der Waals surface area contributed by atoms with E-state index in [-0.39, 0.29) is 11.6 Å². The molecule has 4 aromatic carbocycles. The molecule has 3 heterocycles. The molecule has 8 heteroatoms. The van der Waals surface area contributed by atoms with Crippen molar-refractivity contribution in [3.05, 3.63) is 167 Å². The normalized spacial score (nSPS) is 14.0. The minimum Gasteiger partial charge on any atom is -0.444 e. The molecule has 49 heavy (non-hydrogen) atoms. The molecule has 2 aromatic heterocycles. The van der Waals surface area contributed by atoms with Crippen LogP contribution in [0.25, 0.3) is 17.3 Å². The smallest absolute Gasteiger partial charge is 0.413 e. The molecular formula is C41H37N5O3. The standard InChI is InChI=1S/C41H37N5O3/c1-40(2,3)49-39(48)43-37-26-36-38(47)30(23-24-46(36)44-37)25-29-15-13-14-22-34(29)35-27-45(28-42-35)41(31-16-7-4-8-17-31,32-18-9-5-10-19-32)33-20-11-6-12-21-33/h4-22,25-28H,23-24H2,1-3H3,(H,43,44,48)/b30-25+. The Kier molecular flexibility index (Phi) is 8.30. The predicted octanol–water partition coefficient (Wildman–Crippen LogP) is 8.60. The van der Waals surface area contributed by atoms with Crippen LogP contribution in [0.2, 0.25) is 0 Å². The van der Waals surface area contributed by atoms with Gasteiger partial charge in [0.05, 0.1) is 12.0 Å². The molecule has 0 fully saturated rings. The SMILES string of the molecule is CC(C)(C)OC(=O)Nc1cc2n(n1)CC/C(=C\c1ccccc1-c1cn(C(c3ccccc3)(c3ccccc3)c3ccccc3)cn1)C2=O.